The van der Waals surface area contributed by atoms with Crippen molar-refractivity contribution in [2.45, 2.75) is 16.2 Å². The SMILES string of the molecule is O=C(COC(=O)CCN1c2ccccc2Sc2ccccc21)Nc1ccccc1Oc1ccccc1. The molecule has 0 aliphatic carbocycles. The molecular weight excluding hydrogens is 472 g/mol. The maximum Gasteiger partial charge on any atom is 0.308 e. The highest BCUT2D eigenvalue weighted by atomic mass is 32.2. The highest BCUT2D eigenvalue weighted by Crippen LogP contribution is 2.47. The van der Waals surface area contributed by atoms with Gasteiger partial charge in [-0.1, -0.05) is 66.4 Å². The molecule has 0 fully saturated rings. The molecule has 0 unspecified atom stereocenters. The third-order valence-corrected chi connectivity index (χ3v) is 6.70. The van der Waals surface area contributed by atoms with E-state index in [2.05, 4.69) is 22.3 Å². The summed E-state index contributed by atoms with van der Waals surface area (Å²) >= 11 is 1.72. The number of ether oxygens (including phenoxy) is 2. The van der Waals surface area contributed by atoms with Crippen molar-refractivity contribution in [1.82, 2.24) is 0 Å². The number of rotatable bonds is 8. The Morgan fingerprint density at radius 1 is 0.750 bits per heavy atom. The summed E-state index contributed by atoms with van der Waals surface area (Å²) in [6.45, 7) is 0.0737. The van der Waals surface area contributed by atoms with Crippen molar-refractivity contribution < 1.29 is 19.1 Å². The second kappa shape index (κ2) is 11.0. The Bertz CT molecular complexity index is 1330. The van der Waals surface area contributed by atoms with Crippen LogP contribution in [0.15, 0.2) is 113 Å². The van der Waals surface area contributed by atoms with E-state index in [0.717, 1.165) is 21.2 Å². The minimum Gasteiger partial charge on any atom is -0.456 e. The van der Waals surface area contributed by atoms with Gasteiger partial charge in [-0.3, -0.25) is 9.59 Å². The summed E-state index contributed by atoms with van der Waals surface area (Å²) in [5, 5.41) is 2.76. The van der Waals surface area contributed by atoms with Crippen LogP contribution < -0.4 is 15.0 Å². The van der Waals surface area contributed by atoms with Crippen LogP contribution in [-0.4, -0.2) is 25.0 Å². The molecule has 6 nitrogen and oxygen atoms in total. The molecule has 1 aliphatic rings. The van der Waals surface area contributed by atoms with Crippen LogP contribution in [0.1, 0.15) is 6.42 Å². The smallest absolute Gasteiger partial charge is 0.308 e. The van der Waals surface area contributed by atoms with E-state index in [4.69, 9.17) is 9.47 Å². The first-order chi connectivity index (χ1) is 17.7. The molecule has 0 bridgehead atoms. The van der Waals surface area contributed by atoms with Gasteiger partial charge in [0.15, 0.2) is 12.4 Å². The van der Waals surface area contributed by atoms with Crippen LogP contribution in [0.25, 0.3) is 0 Å². The number of amides is 1. The largest absolute Gasteiger partial charge is 0.456 e. The topological polar surface area (TPSA) is 67.9 Å². The molecular formula is C29H24N2O4S. The van der Waals surface area contributed by atoms with Gasteiger partial charge in [-0.05, 0) is 48.5 Å². The molecule has 180 valence electrons. The van der Waals surface area contributed by atoms with E-state index >= 15 is 0 Å². The molecule has 1 N–H and O–H groups in total. The first-order valence-corrected chi connectivity index (χ1v) is 12.4. The monoisotopic (exact) mass is 496 g/mol. The van der Waals surface area contributed by atoms with Gasteiger partial charge in [0.2, 0.25) is 0 Å². The maximum atomic E-state index is 12.5. The van der Waals surface area contributed by atoms with Crippen LogP contribution in [0.4, 0.5) is 17.1 Å². The van der Waals surface area contributed by atoms with Crippen LogP contribution in [0.2, 0.25) is 0 Å². The summed E-state index contributed by atoms with van der Waals surface area (Å²) in [5.41, 5.74) is 2.62. The van der Waals surface area contributed by atoms with Gasteiger partial charge in [0.25, 0.3) is 5.91 Å². The Hall–Kier alpha value is -4.23. The zero-order valence-corrected chi connectivity index (χ0v) is 20.2. The third-order valence-electron chi connectivity index (χ3n) is 5.57. The van der Waals surface area contributed by atoms with Gasteiger partial charge >= 0.3 is 5.97 Å². The van der Waals surface area contributed by atoms with Crippen molar-refractivity contribution in [2.75, 3.05) is 23.4 Å². The van der Waals surface area contributed by atoms with Crippen LogP contribution in [0, 0.1) is 0 Å². The molecule has 1 amide bonds. The Labute approximate surface area is 213 Å². The van der Waals surface area contributed by atoms with E-state index in [0.29, 0.717) is 23.7 Å². The third kappa shape index (κ3) is 5.53. The van der Waals surface area contributed by atoms with Gasteiger partial charge in [0, 0.05) is 16.3 Å². The Kier molecular flexibility index (Phi) is 7.19. The van der Waals surface area contributed by atoms with Crippen LogP contribution >= 0.6 is 11.8 Å². The molecule has 0 atom stereocenters. The summed E-state index contributed by atoms with van der Waals surface area (Å²) < 4.78 is 11.1. The van der Waals surface area contributed by atoms with Gasteiger partial charge < -0.3 is 19.7 Å². The minimum atomic E-state index is -0.438. The Morgan fingerprint density at radius 2 is 1.36 bits per heavy atom. The van der Waals surface area contributed by atoms with E-state index in [1.165, 1.54) is 0 Å². The molecule has 36 heavy (non-hydrogen) atoms. The second-order valence-corrected chi connectivity index (χ2v) is 9.14. The van der Waals surface area contributed by atoms with Crippen molar-refractivity contribution in [2.24, 2.45) is 0 Å². The van der Waals surface area contributed by atoms with Gasteiger partial charge in [-0.2, -0.15) is 0 Å². The lowest BCUT2D eigenvalue weighted by molar-refractivity contribution is -0.147. The molecule has 4 aromatic rings. The first kappa shape index (κ1) is 23.5. The number of para-hydroxylation sites is 5. The van der Waals surface area contributed by atoms with Crippen LogP contribution in [-0.2, 0) is 14.3 Å². The van der Waals surface area contributed by atoms with Crippen molar-refractivity contribution in [1.29, 1.82) is 0 Å². The Balaban J connectivity index is 1.17. The molecule has 1 aliphatic heterocycles. The number of anilines is 3. The van der Waals surface area contributed by atoms with Crippen LogP contribution in [0.3, 0.4) is 0 Å². The van der Waals surface area contributed by atoms with E-state index in [1.807, 2.05) is 72.8 Å². The number of nitrogens with zero attached hydrogens (tertiary/aromatic N) is 1. The quantitative estimate of drug-likeness (QED) is 0.275. The molecule has 0 radical (unpaired) electrons. The fraction of sp³-hybridized carbons (Fsp3) is 0.103. The summed E-state index contributed by atoms with van der Waals surface area (Å²) in [7, 11) is 0. The number of benzene rings is 4. The number of esters is 1. The van der Waals surface area contributed by atoms with E-state index in [-0.39, 0.29) is 13.0 Å². The molecule has 0 saturated carbocycles. The lowest BCUT2D eigenvalue weighted by atomic mass is 10.2. The van der Waals surface area contributed by atoms with E-state index in [9.17, 15) is 9.59 Å². The molecule has 4 aromatic carbocycles. The number of hydrogen-bond donors (Lipinski definition) is 1. The predicted molar refractivity (Wildman–Crippen MR) is 141 cm³/mol. The van der Waals surface area contributed by atoms with Crippen molar-refractivity contribution in [3.8, 4) is 11.5 Å². The highest BCUT2D eigenvalue weighted by molar-refractivity contribution is 7.99. The number of fused-ring (bicyclic) bond motifs is 2. The average Bonchev–Trinajstić information content (AvgIpc) is 2.91. The zero-order valence-electron chi connectivity index (χ0n) is 19.4. The number of hydrogen-bond acceptors (Lipinski definition) is 6. The predicted octanol–water partition coefficient (Wildman–Crippen LogP) is 6.65. The summed E-state index contributed by atoms with van der Waals surface area (Å²) in [6, 6.07) is 32.7. The number of nitrogens with one attached hydrogen (secondary N) is 1. The van der Waals surface area contributed by atoms with E-state index in [1.54, 1.807) is 30.0 Å². The summed E-state index contributed by atoms with van der Waals surface area (Å²) in [4.78, 5) is 29.4. The molecule has 0 aromatic heterocycles. The van der Waals surface area contributed by atoms with Crippen molar-refractivity contribution in [3.63, 3.8) is 0 Å². The molecule has 0 saturated heterocycles. The first-order valence-electron chi connectivity index (χ1n) is 11.6. The maximum absolute atomic E-state index is 12.5. The second-order valence-electron chi connectivity index (χ2n) is 8.06. The minimum absolute atomic E-state index is 0.147. The normalized spacial score (nSPS) is 11.7. The van der Waals surface area contributed by atoms with Gasteiger partial charge in [-0.15, -0.1) is 0 Å². The fourth-order valence-electron chi connectivity index (χ4n) is 3.90. The summed E-state index contributed by atoms with van der Waals surface area (Å²) in [6.07, 6.45) is 0.147. The molecule has 0 spiro atoms. The van der Waals surface area contributed by atoms with Crippen molar-refractivity contribution >= 4 is 40.7 Å². The van der Waals surface area contributed by atoms with Gasteiger partial charge in [0.1, 0.15) is 5.75 Å². The average molecular weight is 497 g/mol. The van der Waals surface area contributed by atoms with Gasteiger partial charge in [-0.25, -0.2) is 0 Å². The lowest BCUT2D eigenvalue weighted by Gasteiger charge is -2.32. The molecule has 7 heteroatoms. The standard InChI is InChI=1S/C29H24N2O4S/c32-28(30-22-12-4-7-15-25(22)35-21-10-2-1-3-11-21)20-34-29(33)18-19-31-23-13-5-8-16-26(23)36-27-17-9-6-14-24(27)31/h1-17H,18-20H2,(H,30,32). The van der Waals surface area contributed by atoms with E-state index < -0.39 is 11.9 Å². The molecule has 1 heterocycles. The molecule has 5 rings (SSSR count). The number of carbonyl (C=O) groups is 2. The number of carbonyl (C=O) groups excluding carboxylic acids is 2. The highest BCUT2D eigenvalue weighted by Gasteiger charge is 2.23. The van der Waals surface area contributed by atoms with Crippen LogP contribution in [0.5, 0.6) is 11.5 Å². The van der Waals surface area contributed by atoms with Crippen molar-refractivity contribution in [3.05, 3.63) is 103 Å². The van der Waals surface area contributed by atoms with Gasteiger partial charge in [0.05, 0.1) is 23.5 Å². The lowest BCUT2D eigenvalue weighted by Crippen LogP contribution is -2.26. The summed E-state index contributed by atoms with van der Waals surface area (Å²) in [5.74, 6) is 0.290. The zero-order chi connectivity index (χ0) is 24.7. The Morgan fingerprint density at radius 3 is 2.08 bits per heavy atom. The fourth-order valence-corrected chi connectivity index (χ4v) is 5.00.